The van der Waals surface area contributed by atoms with Crippen LogP contribution in [0.15, 0.2) is 48.5 Å². The molecule has 1 saturated heterocycles. The molecule has 1 aliphatic rings. The Morgan fingerprint density at radius 3 is 2.36 bits per heavy atom. The van der Waals surface area contributed by atoms with Crippen molar-refractivity contribution < 1.29 is 19.1 Å². The molecule has 0 atom stereocenters. The molecule has 0 aliphatic carbocycles. The van der Waals surface area contributed by atoms with Gasteiger partial charge in [-0.2, -0.15) is 0 Å². The highest BCUT2D eigenvalue weighted by atomic mass is 35.5. The van der Waals surface area contributed by atoms with E-state index in [0.717, 1.165) is 11.1 Å². The molecular formula is C22H23ClFNO3. The first kappa shape index (κ1) is 20.3. The average Bonchev–Trinajstić information content (AvgIpc) is 2.68. The number of rotatable bonds is 6. The summed E-state index contributed by atoms with van der Waals surface area (Å²) >= 11 is 6.03. The van der Waals surface area contributed by atoms with Crippen molar-refractivity contribution in [2.75, 3.05) is 13.1 Å². The van der Waals surface area contributed by atoms with Crippen LogP contribution in [-0.2, 0) is 22.4 Å². The van der Waals surface area contributed by atoms with Crippen LogP contribution < -0.4 is 0 Å². The lowest BCUT2D eigenvalue weighted by atomic mass is 9.73. The topological polar surface area (TPSA) is 57.6 Å². The van der Waals surface area contributed by atoms with Crippen LogP contribution in [-0.4, -0.2) is 35.0 Å². The molecule has 0 bridgehead atoms. The average molecular weight is 404 g/mol. The van der Waals surface area contributed by atoms with Gasteiger partial charge in [-0.1, -0.05) is 35.9 Å². The van der Waals surface area contributed by atoms with Gasteiger partial charge in [0.25, 0.3) is 0 Å². The molecule has 28 heavy (non-hydrogen) atoms. The summed E-state index contributed by atoms with van der Waals surface area (Å²) in [5.41, 5.74) is 0.928. The molecule has 148 valence electrons. The highest BCUT2D eigenvalue weighted by Gasteiger charge is 2.42. The van der Waals surface area contributed by atoms with Gasteiger partial charge in [0.1, 0.15) is 5.82 Å². The number of amides is 1. The van der Waals surface area contributed by atoms with Crippen LogP contribution in [0.1, 0.15) is 30.4 Å². The summed E-state index contributed by atoms with van der Waals surface area (Å²) in [7, 11) is 0. The lowest BCUT2D eigenvalue weighted by Gasteiger charge is -2.39. The first-order valence-corrected chi connectivity index (χ1v) is 9.76. The zero-order valence-electron chi connectivity index (χ0n) is 15.5. The van der Waals surface area contributed by atoms with Gasteiger partial charge in [0.15, 0.2) is 0 Å². The zero-order chi connectivity index (χ0) is 20.1. The Bertz CT molecular complexity index is 845. The molecule has 0 unspecified atom stereocenters. The molecule has 0 spiro atoms. The third-order valence-electron chi connectivity index (χ3n) is 5.50. The first-order chi connectivity index (χ1) is 13.4. The van der Waals surface area contributed by atoms with Crippen LogP contribution in [0.2, 0.25) is 5.02 Å². The fraction of sp³-hybridized carbons (Fsp3) is 0.364. The van der Waals surface area contributed by atoms with E-state index in [1.165, 1.54) is 12.1 Å². The Labute approximate surface area is 168 Å². The molecular weight excluding hydrogens is 381 g/mol. The fourth-order valence-corrected chi connectivity index (χ4v) is 3.96. The Morgan fingerprint density at radius 2 is 1.75 bits per heavy atom. The number of likely N-dealkylation sites (tertiary alicyclic amines) is 1. The van der Waals surface area contributed by atoms with Gasteiger partial charge in [-0.05, 0) is 61.1 Å². The predicted molar refractivity (Wildman–Crippen MR) is 106 cm³/mol. The molecule has 4 nitrogen and oxygen atoms in total. The van der Waals surface area contributed by atoms with Gasteiger partial charge in [-0.25, -0.2) is 4.39 Å². The summed E-state index contributed by atoms with van der Waals surface area (Å²) in [6.45, 7) is 0.851. The third kappa shape index (κ3) is 4.90. The van der Waals surface area contributed by atoms with Gasteiger partial charge in [0.2, 0.25) is 5.91 Å². The number of carboxylic acid groups (broad SMARTS) is 1. The quantitative estimate of drug-likeness (QED) is 0.780. The molecule has 0 aromatic heterocycles. The standard InChI is InChI=1S/C22H23ClFNO3/c23-18-3-1-2-17(14-18)15-22(21(27)28)10-12-25(13-11-22)20(26)9-6-16-4-7-19(24)8-5-16/h1-5,7-8,14H,6,9-13,15H2,(H,27,28). The van der Waals surface area contributed by atoms with Gasteiger partial charge in [0.05, 0.1) is 5.41 Å². The minimum absolute atomic E-state index is 0.00562. The molecule has 2 aromatic rings. The number of hydrogen-bond acceptors (Lipinski definition) is 2. The number of carboxylic acids is 1. The summed E-state index contributed by atoms with van der Waals surface area (Å²) in [5.74, 6) is -1.12. The normalized spacial score (nSPS) is 16.0. The van der Waals surface area contributed by atoms with E-state index >= 15 is 0 Å². The lowest BCUT2D eigenvalue weighted by Crippen LogP contribution is -2.47. The maximum atomic E-state index is 13.0. The second-order valence-electron chi connectivity index (χ2n) is 7.40. The Morgan fingerprint density at radius 1 is 1.07 bits per heavy atom. The van der Waals surface area contributed by atoms with Crippen molar-refractivity contribution in [2.45, 2.75) is 32.1 Å². The van der Waals surface area contributed by atoms with E-state index in [1.807, 2.05) is 12.1 Å². The van der Waals surface area contributed by atoms with Crippen LogP contribution >= 0.6 is 11.6 Å². The van der Waals surface area contributed by atoms with E-state index < -0.39 is 11.4 Å². The monoisotopic (exact) mass is 403 g/mol. The van der Waals surface area contributed by atoms with Crippen LogP contribution in [0.3, 0.4) is 0 Å². The van der Waals surface area contributed by atoms with Crippen LogP contribution in [0.5, 0.6) is 0 Å². The van der Waals surface area contributed by atoms with Gasteiger partial charge in [0, 0.05) is 24.5 Å². The van der Waals surface area contributed by atoms with Crippen molar-refractivity contribution in [3.8, 4) is 0 Å². The van der Waals surface area contributed by atoms with Crippen molar-refractivity contribution in [3.63, 3.8) is 0 Å². The smallest absolute Gasteiger partial charge is 0.310 e. The van der Waals surface area contributed by atoms with Crippen LogP contribution in [0.4, 0.5) is 4.39 Å². The van der Waals surface area contributed by atoms with E-state index in [4.69, 9.17) is 11.6 Å². The minimum Gasteiger partial charge on any atom is -0.481 e. The lowest BCUT2D eigenvalue weighted by molar-refractivity contribution is -0.154. The van der Waals surface area contributed by atoms with E-state index in [1.54, 1.807) is 29.2 Å². The molecule has 0 saturated carbocycles. The number of benzene rings is 2. The van der Waals surface area contributed by atoms with E-state index in [2.05, 4.69) is 0 Å². The minimum atomic E-state index is -0.877. The second kappa shape index (κ2) is 8.74. The van der Waals surface area contributed by atoms with Crippen LogP contribution in [0.25, 0.3) is 0 Å². The van der Waals surface area contributed by atoms with Crippen molar-refractivity contribution in [1.82, 2.24) is 4.90 Å². The molecule has 2 aromatic carbocycles. The highest BCUT2D eigenvalue weighted by Crippen LogP contribution is 2.36. The number of hydrogen-bond donors (Lipinski definition) is 1. The van der Waals surface area contributed by atoms with Crippen molar-refractivity contribution in [2.24, 2.45) is 5.41 Å². The summed E-state index contributed by atoms with van der Waals surface area (Å²) in [4.78, 5) is 26.3. The Balaban J connectivity index is 1.58. The van der Waals surface area contributed by atoms with Crippen molar-refractivity contribution >= 4 is 23.5 Å². The highest BCUT2D eigenvalue weighted by molar-refractivity contribution is 6.30. The number of nitrogens with zero attached hydrogens (tertiary/aromatic N) is 1. The summed E-state index contributed by atoms with van der Waals surface area (Å²) < 4.78 is 13.0. The van der Waals surface area contributed by atoms with E-state index in [0.29, 0.717) is 50.2 Å². The number of aliphatic carboxylic acids is 1. The Hall–Kier alpha value is -2.40. The SMILES string of the molecule is O=C(CCc1ccc(F)cc1)N1CCC(Cc2cccc(Cl)c2)(C(=O)O)CC1. The molecule has 1 aliphatic heterocycles. The van der Waals surface area contributed by atoms with Gasteiger partial charge < -0.3 is 10.0 Å². The van der Waals surface area contributed by atoms with E-state index in [9.17, 15) is 19.1 Å². The van der Waals surface area contributed by atoms with Gasteiger partial charge >= 0.3 is 5.97 Å². The maximum Gasteiger partial charge on any atom is 0.310 e. The largest absolute Gasteiger partial charge is 0.481 e. The number of piperidine rings is 1. The number of aryl methyl sites for hydroxylation is 1. The van der Waals surface area contributed by atoms with Crippen LogP contribution in [0, 0.1) is 11.2 Å². The van der Waals surface area contributed by atoms with Crippen molar-refractivity contribution in [3.05, 3.63) is 70.5 Å². The number of carbonyl (C=O) groups excluding carboxylic acids is 1. The maximum absolute atomic E-state index is 13.0. The first-order valence-electron chi connectivity index (χ1n) is 9.38. The van der Waals surface area contributed by atoms with Gasteiger partial charge in [-0.15, -0.1) is 0 Å². The van der Waals surface area contributed by atoms with Crippen molar-refractivity contribution in [1.29, 1.82) is 0 Å². The number of carbonyl (C=O) groups is 2. The predicted octanol–water partition coefficient (Wildman–Crippen LogP) is 4.35. The molecule has 0 radical (unpaired) electrons. The molecule has 1 heterocycles. The molecule has 1 N–H and O–H groups in total. The summed E-state index contributed by atoms with van der Waals surface area (Å²) in [6.07, 6.45) is 2.11. The Kier molecular flexibility index (Phi) is 6.35. The summed E-state index contributed by atoms with van der Waals surface area (Å²) in [6, 6.07) is 13.4. The molecule has 1 amide bonds. The molecule has 6 heteroatoms. The van der Waals surface area contributed by atoms with E-state index in [-0.39, 0.29) is 11.7 Å². The second-order valence-corrected chi connectivity index (χ2v) is 7.84. The zero-order valence-corrected chi connectivity index (χ0v) is 16.3. The number of halogens is 2. The fourth-order valence-electron chi connectivity index (χ4n) is 3.75. The summed E-state index contributed by atoms with van der Waals surface area (Å²) in [5, 5.41) is 10.4. The van der Waals surface area contributed by atoms with Gasteiger partial charge in [-0.3, -0.25) is 9.59 Å². The molecule has 3 rings (SSSR count). The third-order valence-corrected chi connectivity index (χ3v) is 5.73. The molecule has 1 fully saturated rings.